The van der Waals surface area contributed by atoms with Crippen LogP contribution in [-0.4, -0.2) is 21.4 Å². The van der Waals surface area contributed by atoms with E-state index >= 15 is 0 Å². The van der Waals surface area contributed by atoms with Crippen molar-refractivity contribution < 1.29 is 4.92 Å². The van der Waals surface area contributed by atoms with Gasteiger partial charge in [0.15, 0.2) is 0 Å². The third-order valence-electron chi connectivity index (χ3n) is 1.68. The van der Waals surface area contributed by atoms with E-state index in [0.717, 1.165) is 6.42 Å². The fraction of sp³-hybridized carbons (Fsp3) is 0.333. The lowest BCUT2D eigenvalue weighted by Crippen LogP contribution is -2.04. The molecule has 0 fully saturated rings. The third-order valence-corrected chi connectivity index (χ3v) is 1.68. The number of hydrogen-bond donors (Lipinski definition) is 1. The second kappa shape index (κ2) is 5.69. The molecule has 0 bridgehead atoms. The van der Waals surface area contributed by atoms with Gasteiger partial charge in [0.25, 0.3) is 0 Å². The van der Waals surface area contributed by atoms with Gasteiger partial charge in [0.1, 0.15) is 12.4 Å². The minimum Gasteiger partial charge on any atom is -0.354 e. The van der Waals surface area contributed by atoms with Crippen molar-refractivity contribution in [3.8, 4) is 0 Å². The Labute approximate surface area is 87.2 Å². The smallest absolute Gasteiger partial charge is 0.305 e. The molecule has 0 aliphatic rings. The highest BCUT2D eigenvalue weighted by Crippen LogP contribution is 2.07. The first-order valence-corrected chi connectivity index (χ1v) is 4.55. The summed E-state index contributed by atoms with van der Waals surface area (Å²) in [6.45, 7) is 2.66. The zero-order chi connectivity index (χ0) is 11.1. The van der Waals surface area contributed by atoms with Crippen LogP contribution in [0.1, 0.15) is 13.3 Å². The molecular formula is C9H12N4O2. The molecule has 15 heavy (non-hydrogen) atoms. The van der Waals surface area contributed by atoms with E-state index in [9.17, 15) is 10.1 Å². The summed E-state index contributed by atoms with van der Waals surface area (Å²) in [5.74, 6) is 0.408. The molecule has 1 rings (SSSR count). The standard InChI is InChI=1S/C9H12N4O2/c1-2-3-4-5-10-9-11-6-8(7-12-9)13(14)15/h2-3,6-7H,4-5H2,1H3,(H,10,11,12)/b3-2+. The summed E-state index contributed by atoms with van der Waals surface area (Å²) in [5, 5.41) is 13.3. The maximum absolute atomic E-state index is 10.3. The van der Waals surface area contributed by atoms with Gasteiger partial charge in [0, 0.05) is 6.54 Å². The van der Waals surface area contributed by atoms with E-state index < -0.39 is 4.92 Å². The third kappa shape index (κ3) is 3.72. The molecule has 0 aliphatic carbocycles. The molecule has 1 N–H and O–H groups in total. The SMILES string of the molecule is C/C=C/CCNc1ncc([N+](=O)[O-])cn1. The number of allylic oxidation sites excluding steroid dienone is 1. The Balaban J connectivity index is 2.46. The van der Waals surface area contributed by atoms with Gasteiger partial charge in [-0.3, -0.25) is 10.1 Å². The second-order valence-corrected chi connectivity index (χ2v) is 2.81. The summed E-state index contributed by atoms with van der Waals surface area (Å²) in [7, 11) is 0. The predicted octanol–water partition coefficient (Wildman–Crippen LogP) is 1.76. The van der Waals surface area contributed by atoms with Gasteiger partial charge in [0.05, 0.1) is 4.92 Å². The van der Waals surface area contributed by atoms with E-state index in [-0.39, 0.29) is 5.69 Å². The maximum atomic E-state index is 10.3. The fourth-order valence-corrected chi connectivity index (χ4v) is 0.941. The molecule has 0 aromatic carbocycles. The molecule has 0 aliphatic heterocycles. The minimum atomic E-state index is -0.524. The molecule has 1 aromatic rings. The zero-order valence-electron chi connectivity index (χ0n) is 8.38. The Bertz CT molecular complexity index is 348. The van der Waals surface area contributed by atoms with Gasteiger partial charge in [-0.05, 0) is 13.3 Å². The highest BCUT2D eigenvalue weighted by atomic mass is 16.6. The van der Waals surface area contributed by atoms with Crippen LogP contribution in [0.5, 0.6) is 0 Å². The summed E-state index contributed by atoms with van der Waals surface area (Å²) in [6, 6.07) is 0. The van der Waals surface area contributed by atoms with E-state index in [2.05, 4.69) is 15.3 Å². The van der Waals surface area contributed by atoms with E-state index in [1.165, 1.54) is 12.4 Å². The van der Waals surface area contributed by atoms with Crippen LogP contribution < -0.4 is 5.32 Å². The van der Waals surface area contributed by atoms with Gasteiger partial charge in [-0.15, -0.1) is 0 Å². The van der Waals surface area contributed by atoms with Gasteiger partial charge >= 0.3 is 5.69 Å². The van der Waals surface area contributed by atoms with Gasteiger partial charge in [-0.1, -0.05) is 12.2 Å². The summed E-state index contributed by atoms with van der Waals surface area (Å²) in [4.78, 5) is 17.4. The molecular weight excluding hydrogens is 196 g/mol. The Morgan fingerprint density at radius 1 is 1.53 bits per heavy atom. The molecule has 0 unspecified atom stereocenters. The molecule has 6 nitrogen and oxygen atoms in total. The molecule has 1 aromatic heterocycles. The number of anilines is 1. The topological polar surface area (TPSA) is 81.0 Å². The van der Waals surface area contributed by atoms with Crippen molar-refractivity contribution in [3.63, 3.8) is 0 Å². The summed E-state index contributed by atoms with van der Waals surface area (Å²) in [6.07, 6.45) is 7.21. The second-order valence-electron chi connectivity index (χ2n) is 2.81. The van der Waals surface area contributed by atoms with Gasteiger partial charge in [-0.2, -0.15) is 0 Å². The Kier molecular flexibility index (Phi) is 4.21. The molecule has 0 spiro atoms. The van der Waals surface area contributed by atoms with Gasteiger partial charge < -0.3 is 5.32 Å². The number of aromatic nitrogens is 2. The summed E-state index contributed by atoms with van der Waals surface area (Å²) >= 11 is 0. The van der Waals surface area contributed by atoms with E-state index in [1.54, 1.807) is 0 Å². The molecule has 0 saturated heterocycles. The Morgan fingerprint density at radius 2 is 2.20 bits per heavy atom. The molecule has 1 heterocycles. The highest BCUT2D eigenvalue weighted by Gasteiger charge is 2.05. The number of hydrogen-bond acceptors (Lipinski definition) is 5. The largest absolute Gasteiger partial charge is 0.354 e. The Morgan fingerprint density at radius 3 is 2.73 bits per heavy atom. The van der Waals surface area contributed by atoms with Gasteiger partial charge in [-0.25, -0.2) is 9.97 Å². The first kappa shape index (κ1) is 11.1. The van der Waals surface area contributed by atoms with Crippen molar-refractivity contribution in [1.82, 2.24) is 9.97 Å². The maximum Gasteiger partial charge on any atom is 0.305 e. The van der Waals surface area contributed by atoms with Crippen LogP contribution in [0, 0.1) is 10.1 Å². The highest BCUT2D eigenvalue weighted by molar-refractivity contribution is 5.30. The van der Waals surface area contributed by atoms with Crippen molar-refractivity contribution >= 4 is 11.6 Å². The predicted molar refractivity (Wildman–Crippen MR) is 56.6 cm³/mol. The summed E-state index contributed by atoms with van der Waals surface area (Å²) in [5.41, 5.74) is -0.103. The molecule has 0 amide bonds. The number of nitrogens with zero attached hydrogens (tertiary/aromatic N) is 3. The molecule has 6 heteroatoms. The lowest BCUT2D eigenvalue weighted by atomic mass is 10.4. The van der Waals surface area contributed by atoms with Crippen LogP contribution in [0.3, 0.4) is 0 Å². The average Bonchev–Trinajstić information content (AvgIpc) is 2.25. The van der Waals surface area contributed by atoms with Crippen LogP contribution in [0.4, 0.5) is 11.6 Å². The van der Waals surface area contributed by atoms with Crippen LogP contribution >= 0.6 is 0 Å². The van der Waals surface area contributed by atoms with E-state index in [4.69, 9.17) is 0 Å². The van der Waals surface area contributed by atoms with Crippen LogP contribution in [0.2, 0.25) is 0 Å². The van der Waals surface area contributed by atoms with Crippen molar-refractivity contribution in [1.29, 1.82) is 0 Å². The molecule has 0 saturated carbocycles. The first-order valence-electron chi connectivity index (χ1n) is 4.55. The van der Waals surface area contributed by atoms with Crippen LogP contribution in [-0.2, 0) is 0 Å². The van der Waals surface area contributed by atoms with Crippen LogP contribution in [0.25, 0.3) is 0 Å². The zero-order valence-corrected chi connectivity index (χ0v) is 8.38. The monoisotopic (exact) mass is 208 g/mol. The van der Waals surface area contributed by atoms with Crippen molar-refractivity contribution in [3.05, 3.63) is 34.7 Å². The van der Waals surface area contributed by atoms with E-state index in [0.29, 0.717) is 12.5 Å². The number of nitro groups is 1. The molecule has 0 atom stereocenters. The van der Waals surface area contributed by atoms with Crippen molar-refractivity contribution in [2.45, 2.75) is 13.3 Å². The van der Waals surface area contributed by atoms with E-state index in [1.807, 2.05) is 19.1 Å². The number of rotatable bonds is 5. The molecule has 80 valence electrons. The van der Waals surface area contributed by atoms with Crippen molar-refractivity contribution in [2.24, 2.45) is 0 Å². The van der Waals surface area contributed by atoms with Crippen molar-refractivity contribution in [2.75, 3.05) is 11.9 Å². The van der Waals surface area contributed by atoms with Crippen LogP contribution in [0.15, 0.2) is 24.5 Å². The normalized spacial score (nSPS) is 10.5. The Hall–Kier alpha value is -1.98. The van der Waals surface area contributed by atoms with Gasteiger partial charge in [0.2, 0.25) is 5.95 Å². The first-order chi connectivity index (χ1) is 7.24. The quantitative estimate of drug-likeness (QED) is 0.345. The average molecular weight is 208 g/mol. The lowest BCUT2D eigenvalue weighted by molar-refractivity contribution is -0.385. The lowest BCUT2D eigenvalue weighted by Gasteiger charge is -2.00. The minimum absolute atomic E-state index is 0.103. The molecule has 0 radical (unpaired) electrons. The number of nitrogens with one attached hydrogen (secondary N) is 1. The summed E-state index contributed by atoms with van der Waals surface area (Å²) < 4.78 is 0. The fourth-order valence-electron chi connectivity index (χ4n) is 0.941.